The van der Waals surface area contributed by atoms with Gasteiger partial charge in [0.1, 0.15) is 0 Å². The summed E-state index contributed by atoms with van der Waals surface area (Å²) < 4.78 is 0. The van der Waals surface area contributed by atoms with Gasteiger partial charge in [-0.25, -0.2) is 0 Å². The van der Waals surface area contributed by atoms with Crippen molar-refractivity contribution in [2.45, 2.75) is 58.0 Å². The molecule has 0 aliphatic heterocycles. The van der Waals surface area contributed by atoms with E-state index in [4.69, 9.17) is 10.8 Å². The van der Waals surface area contributed by atoms with Crippen molar-refractivity contribution in [2.75, 3.05) is 20.2 Å². The second-order valence-electron chi connectivity index (χ2n) is 6.11. The van der Waals surface area contributed by atoms with E-state index in [0.29, 0.717) is 17.9 Å². The molecule has 0 bridgehead atoms. The lowest BCUT2D eigenvalue weighted by Gasteiger charge is -2.39. The summed E-state index contributed by atoms with van der Waals surface area (Å²) in [4.78, 5) is 2.38. The van der Waals surface area contributed by atoms with Crippen molar-refractivity contribution in [3.8, 4) is 0 Å². The van der Waals surface area contributed by atoms with Gasteiger partial charge in [-0.3, -0.25) is 0 Å². The van der Waals surface area contributed by atoms with E-state index in [1.54, 1.807) is 0 Å². The second kappa shape index (κ2) is 5.99. The lowest BCUT2D eigenvalue weighted by atomic mass is 9.75. The van der Waals surface area contributed by atoms with Crippen molar-refractivity contribution in [2.24, 2.45) is 11.1 Å². The first-order valence-electron chi connectivity index (χ1n) is 6.51. The molecule has 1 rings (SSSR count). The Hall–Kier alpha value is -0.120. The summed E-state index contributed by atoms with van der Waals surface area (Å²) in [5.41, 5.74) is 6.48. The van der Waals surface area contributed by atoms with E-state index < -0.39 is 0 Å². The smallest absolute Gasteiger partial charge is 0.0446 e. The van der Waals surface area contributed by atoms with E-state index in [2.05, 4.69) is 25.8 Å². The molecule has 0 aromatic rings. The normalized spacial score (nSPS) is 23.6. The fraction of sp³-hybridized carbons (Fsp3) is 1.00. The molecule has 0 aromatic carbocycles. The molecule has 1 unspecified atom stereocenters. The van der Waals surface area contributed by atoms with Crippen molar-refractivity contribution in [3.05, 3.63) is 0 Å². The summed E-state index contributed by atoms with van der Waals surface area (Å²) in [5, 5.41) is 8.83. The zero-order valence-corrected chi connectivity index (χ0v) is 11.1. The second-order valence-corrected chi connectivity index (χ2v) is 6.11. The van der Waals surface area contributed by atoms with Gasteiger partial charge < -0.3 is 15.7 Å². The minimum Gasteiger partial charge on any atom is -0.396 e. The van der Waals surface area contributed by atoms with Crippen LogP contribution in [0.3, 0.4) is 0 Å². The van der Waals surface area contributed by atoms with Crippen LogP contribution in [0, 0.1) is 5.41 Å². The van der Waals surface area contributed by atoms with Gasteiger partial charge in [0, 0.05) is 25.2 Å². The Labute approximate surface area is 100 Å². The molecule has 0 spiro atoms. The predicted molar refractivity (Wildman–Crippen MR) is 68.3 cm³/mol. The highest BCUT2D eigenvalue weighted by atomic mass is 16.3. The van der Waals surface area contributed by atoms with Gasteiger partial charge in [-0.1, -0.05) is 13.8 Å². The first kappa shape index (κ1) is 13.9. The third-order valence-electron chi connectivity index (χ3n) is 3.95. The van der Waals surface area contributed by atoms with Crippen LogP contribution in [0.5, 0.6) is 0 Å². The predicted octanol–water partition coefficient (Wildman–Crippen LogP) is 1.60. The summed E-state index contributed by atoms with van der Waals surface area (Å²) in [7, 11) is 2.17. The fourth-order valence-corrected chi connectivity index (χ4v) is 2.60. The van der Waals surface area contributed by atoms with E-state index in [0.717, 1.165) is 6.54 Å². The minimum absolute atomic E-state index is 0.116. The topological polar surface area (TPSA) is 49.5 Å². The molecular formula is C13H28N2O. The number of likely N-dealkylation sites (N-methyl/N-ethyl adjacent to an activating group) is 1. The van der Waals surface area contributed by atoms with Crippen molar-refractivity contribution in [1.29, 1.82) is 0 Å². The Kier molecular flexibility index (Phi) is 5.22. The highest BCUT2D eigenvalue weighted by Gasteiger charge is 2.28. The SMILES string of the molecule is CN(CC(N)CCO)C1CCC(C)(C)CC1. The standard InChI is InChI=1S/C13H28N2O/c1-13(2)7-4-12(5-8-13)15(3)10-11(14)6-9-16/h11-12,16H,4-10,14H2,1-3H3. The Balaban J connectivity index is 2.30. The number of hydrogen-bond acceptors (Lipinski definition) is 3. The third-order valence-corrected chi connectivity index (χ3v) is 3.95. The van der Waals surface area contributed by atoms with Crippen LogP contribution in [0.25, 0.3) is 0 Å². The number of aliphatic hydroxyl groups excluding tert-OH is 1. The molecule has 0 heterocycles. The van der Waals surface area contributed by atoms with Crippen molar-refractivity contribution in [1.82, 2.24) is 4.90 Å². The molecule has 0 saturated heterocycles. The fourth-order valence-electron chi connectivity index (χ4n) is 2.60. The number of nitrogens with two attached hydrogens (primary N) is 1. The summed E-state index contributed by atoms with van der Waals surface area (Å²) in [6, 6.07) is 0.808. The Bertz CT molecular complexity index is 196. The Morgan fingerprint density at radius 2 is 1.94 bits per heavy atom. The Morgan fingerprint density at radius 3 is 2.44 bits per heavy atom. The van der Waals surface area contributed by atoms with Gasteiger partial charge in [0.05, 0.1) is 0 Å². The van der Waals surface area contributed by atoms with E-state index in [1.165, 1.54) is 25.7 Å². The third kappa shape index (κ3) is 4.40. The minimum atomic E-state index is 0.116. The van der Waals surface area contributed by atoms with Crippen LogP contribution in [0.2, 0.25) is 0 Å². The zero-order chi connectivity index (χ0) is 12.2. The van der Waals surface area contributed by atoms with E-state index in [-0.39, 0.29) is 12.6 Å². The van der Waals surface area contributed by atoms with Gasteiger partial charge in [-0.15, -0.1) is 0 Å². The van der Waals surface area contributed by atoms with Crippen LogP contribution in [0.1, 0.15) is 46.0 Å². The molecule has 1 saturated carbocycles. The van der Waals surface area contributed by atoms with Crippen LogP contribution >= 0.6 is 0 Å². The maximum atomic E-state index is 8.83. The van der Waals surface area contributed by atoms with Crippen molar-refractivity contribution < 1.29 is 5.11 Å². The van der Waals surface area contributed by atoms with Gasteiger partial charge in [-0.05, 0) is 44.6 Å². The molecular weight excluding hydrogens is 200 g/mol. The molecule has 1 atom stereocenters. The number of rotatable bonds is 5. The molecule has 96 valence electrons. The first-order valence-corrected chi connectivity index (χ1v) is 6.51. The molecule has 0 radical (unpaired) electrons. The average molecular weight is 228 g/mol. The molecule has 0 aromatic heterocycles. The van der Waals surface area contributed by atoms with Crippen LogP contribution in [-0.4, -0.2) is 42.3 Å². The van der Waals surface area contributed by atoms with E-state index >= 15 is 0 Å². The summed E-state index contributed by atoms with van der Waals surface area (Å²) >= 11 is 0. The van der Waals surface area contributed by atoms with Gasteiger partial charge in [-0.2, -0.15) is 0 Å². The molecule has 3 nitrogen and oxygen atoms in total. The summed E-state index contributed by atoms with van der Waals surface area (Å²) in [6.07, 6.45) is 5.92. The van der Waals surface area contributed by atoms with Gasteiger partial charge in [0.15, 0.2) is 0 Å². The maximum Gasteiger partial charge on any atom is 0.0446 e. The van der Waals surface area contributed by atoms with Crippen LogP contribution < -0.4 is 5.73 Å². The largest absolute Gasteiger partial charge is 0.396 e. The van der Waals surface area contributed by atoms with E-state index in [9.17, 15) is 0 Å². The summed E-state index contributed by atoms with van der Waals surface area (Å²) in [5.74, 6) is 0. The van der Waals surface area contributed by atoms with Crippen molar-refractivity contribution in [3.63, 3.8) is 0 Å². The monoisotopic (exact) mass is 228 g/mol. The molecule has 0 amide bonds. The lowest BCUT2D eigenvalue weighted by Crippen LogP contribution is -2.43. The van der Waals surface area contributed by atoms with Gasteiger partial charge >= 0.3 is 0 Å². The molecule has 1 aliphatic carbocycles. The highest BCUT2D eigenvalue weighted by molar-refractivity contribution is 4.83. The Morgan fingerprint density at radius 1 is 1.38 bits per heavy atom. The molecule has 3 N–H and O–H groups in total. The summed E-state index contributed by atoms with van der Waals surface area (Å²) in [6.45, 7) is 5.83. The molecule has 16 heavy (non-hydrogen) atoms. The van der Waals surface area contributed by atoms with Crippen LogP contribution in [-0.2, 0) is 0 Å². The van der Waals surface area contributed by atoms with Gasteiger partial charge in [0.2, 0.25) is 0 Å². The lowest BCUT2D eigenvalue weighted by molar-refractivity contribution is 0.119. The highest BCUT2D eigenvalue weighted by Crippen LogP contribution is 2.36. The zero-order valence-electron chi connectivity index (χ0n) is 11.1. The molecule has 1 fully saturated rings. The number of aliphatic hydroxyl groups is 1. The average Bonchev–Trinajstić information content (AvgIpc) is 2.17. The van der Waals surface area contributed by atoms with Gasteiger partial charge in [0.25, 0.3) is 0 Å². The molecule has 1 aliphatic rings. The van der Waals surface area contributed by atoms with Crippen LogP contribution in [0.15, 0.2) is 0 Å². The number of nitrogens with zero attached hydrogens (tertiary/aromatic N) is 1. The number of hydrogen-bond donors (Lipinski definition) is 2. The maximum absolute atomic E-state index is 8.83. The first-order chi connectivity index (χ1) is 7.44. The molecule has 3 heteroatoms. The quantitative estimate of drug-likeness (QED) is 0.751. The van der Waals surface area contributed by atoms with Crippen molar-refractivity contribution >= 4 is 0 Å². The van der Waals surface area contributed by atoms with Crippen LogP contribution in [0.4, 0.5) is 0 Å². The van der Waals surface area contributed by atoms with E-state index in [1.807, 2.05) is 0 Å².